The van der Waals surface area contributed by atoms with Gasteiger partial charge in [0.15, 0.2) is 0 Å². The van der Waals surface area contributed by atoms with Crippen molar-refractivity contribution in [2.45, 2.75) is 25.0 Å². The quantitative estimate of drug-likeness (QED) is 0.476. The summed E-state index contributed by atoms with van der Waals surface area (Å²) in [5.74, 6) is -0.278. The molecule has 2 atom stereocenters. The van der Waals surface area contributed by atoms with Crippen LogP contribution in [0.15, 0.2) is 72.8 Å². The van der Waals surface area contributed by atoms with Gasteiger partial charge in [-0.1, -0.05) is 71.7 Å². The van der Waals surface area contributed by atoms with Gasteiger partial charge in [0.1, 0.15) is 6.07 Å². The summed E-state index contributed by atoms with van der Waals surface area (Å²) < 4.78 is 0. The number of rotatable bonds is 6. The van der Waals surface area contributed by atoms with Gasteiger partial charge in [0.2, 0.25) is 5.91 Å². The average molecular weight is 563 g/mol. The van der Waals surface area contributed by atoms with Crippen LogP contribution < -0.4 is 10.2 Å². The highest BCUT2D eigenvalue weighted by Crippen LogP contribution is 2.28. The third kappa shape index (κ3) is 6.04. The molecule has 0 saturated carbocycles. The number of anilines is 1. The van der Waals surface area contributed by atoms with Crippen LogP contribution in [0.25, 0.3) is 0 Å². The molecular weight excluding hydrogens is 533 g/mol. The molecule has 2 aliphatic heterocycles. The molecule has 7 nitrogen and oxygen atoms in total. The van der Waals surface area contributed by atoms with E-state index >= 15 is 0 Å². The minimum Gasteiger partial charge on any atom is -0.367 e. The Bertz CT molecular complexity index is 1370. The van der Waals surface area contributed by atoms with E-state index in [1.807, 2.05) is 59.5 Å². The van der Waals surface area contributed by atoms with Crippen molar-refractivity contribution in [1.29, 1.82) is 5.26 Å². The van der Waals surface area contributed by atoms with E-state index in [1.165, 1.54) is 0 Å². The molecule has 39 heavy (non-hydrogen) atoms. The summed E-state index contributed by atoms with van der Waals surface area (Å²) in [7, 11) is 0. The zero-order chi connectivity index (χ0) is 27.4. The van der Waals surface area contributed by atoms with Crippen molar-refractivity contribution in [3.63, 3.8) is 0 Å². The van der Waals surface area contributed by atoms with Gasteiger partial charge in [-0.15, -0.1) is 0 Å². The van der Waals surface area contributed by atoms with E-state index in [0.29, 0.717) is 61.3 Å². The Kier molecular flexibility index (Phi) is 8.37. The van der Waals surface area contributed by atoms with Crippen molar-refractivity contribution in [2.75, 3.05) is 37.6 Å². The van der Waals surface area contributed by atoms with Gasteiger partial charge in [-0.2, -0.15) is 5.26 Å². The van der Waals surface area contributed by atoms with Crippen molar-refractivity contribution in [3.8, 4) is 6.07 Å². The lowest BCUT2D eigenvalue weighted by Crippen LogP contribution is -2.53. The minimum absolute atomic E-state index is 0.0617. The maximum Gasteiger partial charge on any atom is 0.254 e. The SMILES string of the molecule is N#Cc1ccccc1N1CCN(C(=O)[C@@H]2C[C@H](NC(=O)c3c(Cl)cccc3Cl)CN2Cc2ccccc2)CC1. The van der Waals surface area contributed by atoms with Gasteiger partial charge in [0.25, 0.3) is 5.91 Å². The molecule has 2 saturated heterocycles. The van der Waals surface area contributed by atoms with Crippen LogP contribution in [-0.2, 0) is 11.3 Å². The van der Waals surface area contributed by atoms with Crippen LogP contribution in [0.1, 0.15) is 27.9 Å². The number of hydrogen-bond donors (Lipinski definition) is 1. The van der Waals surface area contributed by atoms with Gasteiger partial charge in [-0.05, 0) is 36.2 Å². The highest BCUT2D eigenvalue weighted by atomic mass is 35.5. The first kappa shape index (κ1) is 27.0. The number of piperazine rings is 1. The molecule has 0 spiro atoms. The van der Waals surface area contributed by atoms with Gasteiger partial charge in [0, 0.05) is 45.3 Å². The van der Waals surface area contributed by atoms with Gasteiger partial charge in [-0.3, -0.25) is 14.5 Å². The summed E-state index contributed by atoms with van der Waals surface area (Å²) >= 11 is 12.5. The number of carbonyl (C=O) groups excluding carboxylic acids is 2. The number of likely N-dealkylation sites (tertiary alicyclic amines) is 1. The van der Waals surface area contributed by atoms with Crippen LogP contribution >= 0.6 is 23.2 Å². The molecule has 2 heterocycles. The average Bonchev–Trinajstić information content (AvgIpc) is 3.34. The molecule has 3 aromatic rings. The molecule has 0 aliphatic carbocycles. The number of amides is 2. The standard InChI is InChI=1S/C30H29Cl2N5O2/c31-24-10-6-11-25(32)28(24)29(38)34-23-17-27(37(20-23)19-21-7-2-1-3-8-21)30(39)36-15-13-35(14-16-36)26-12-5-4-9-22(26)18-33/h1-12,23,27H,13-17,19-20H2,(H,34,38)/t23-,27-/m0/s1. The van der Waals surface area contributed by atoms with Crippen LogP contribution in [0.5, 0.6) is 0 Å². The zero-order valence-electron chi connectivity index (χ0n) is 21.4. The van der Waals surface area contributed by atoms with E-state index in [-0.39, 0.29) is 29.5 Å². The summed E-state index contributed by atoms with van der Waals surface area (Å²) in [5, 5.41) is 13.1. The number of nitriles is 1. The number of nitrogens with zero attached hydrogens (tertiary/aromatic N) is 4. The largest absolute Gasteiger partial charge is 0.367 e. The summed E-state index contributed by atoms with van der Waals surface area (Å²) in [6.07, 6.45) is 0.497. The molecule has 2 fully saturated rings. The summed E-state index contributed by atoms with van der Waals surface area (Å²) in [4.78, 5) is 33.1. The number of para-hydroxylation sites is 1. The number of hydrogen-bond acceptors (Lipinski definition) is 5. The van der Waals surface area contributed by atoms with Gasteiger partial charge in [0.05, 0.1) is 32.9 Å². The van der Waals surface area contributed by atoms with E-state index in [1.54, 1.807) is 18.2 Å². The molecule has 5 rings (SSSR count). The van der Waals surface area contributed by atoms with Crippen LogP contribution in [0, 0.1) is 11.3 Å². The molecule has 3 aromatic carbocycles. The highest BCUT2D eigenvalue weighted by molar-refractivity contribution is 6.39. The second-order valence-electron chi connectivity index (χ2n) is 9.87. The van der Waals surface area contributed by atoms with Crippen molar-refractivity contribution in [3.05, 3.63) is 99.5 Å². The summed E-state index contributed by atoms with van der Waals surface area (Å²) in [5.41, 5.74) is 2.90. The van der Waals surface area contributed by atoms with Gasteiger partial charge in [-0.25, -0.2) is 0 Å². The number of benzene rings is 3. The lowest BCUT2D eigenvalue weighted by atomic mass is 10.1. The lowest BCUT2D eigenvalue weighted by Gasteiger charge is -2.38. The first-order chi connectivity index (χ1) is 18.9. The summed E-state index contributed by atoms with van der Waals surface area (Å²) in [6.45, 7) is 3.59. The van der Waals surface area contributed by atoms with Crippen LogP contribution in [0.3, 0.4) is 0 Å². The molecule has 1 N–H and O–H groups in total. The second kappa shape index (κ2) is 12.1. The summed E-state index contributed by atoms with van der Waals surface area (Å²) in [6, 6.07) is 24.2. The Morgan fingerprint density at radius 3 is 2.26 bits per heavy atom. The van der Waals surface area contributed by atoms with Gasteiger partial charge >= 0.3 is 0 Å². The molecule has 0 bridgehead atoms. The molecule has 9 heteroatoms. The zero-order valence-corrected chi connectivity index (χ0v) is 22.9. The maximum absolute atomic E-state index is 13.8. The smallest absolute Gasteiger partial charge is 0.254 e. The first-order valence-electron chi connectivity index (χ1n) is 13.0. The lowest BCUT2D eigenvalue weighted by molar-refractivity contribution is -0.136. The van der Waals surface area contributed by atoms with Gasteiger partial charge < -0.3 is 15.1 Å². The van der Waals surface area contributed by atoms with Crippen molar-refractivity contribution in [1.82, 2.24) is 15.1 Å². The molecule has 2 amide bonds. The number of carbonyl (C=O) groups is 2. The minimum atomic E-state index is -0.366. The Balaban J connectivity index is 1.29. The number of nitrogens with one attached hydrogen (secondary N) is 1. The number of halogens is 2. The Morgan fingerprint density at radius 1 is 0.897 bits per heavy atom. The van der Waals surface area contributed by atoms with E-state index in [4.69, 9.17) is 23.2 Å². The predicted octanol–water partition coefficient (Wildman–Crippen LogP) is 4.59. The maximum atomic E-state index is 13.8. The molecule has 200 valence electrons. The molecular formula is C30H29Cl2N5O2. The topological polar surface area (TPSA) is 79.7 Å². The normalized spacial score (nSPS) is 19.5. The molecule has 2 aliphatic rings. The Hall–Kier alpha value is -3.57. The Labute approximate surface area is 238 Å². The van der Waals surface area contributed by atoms with Crippen molar-refractivity contribution < 1.29 is 9.59 Å². The monoisotopic (exact) mass is 561 g/mol. The molecule has 0 unspecified atom stereocenters. The van der Waals surface area contributed by atoms with Crippen LogP contribution in [0.4, 0.5) is 5.69 Å². The van der Waals surface area contributed by atoms with Crippen molar-refractivity contribution in [2.24, 2.45) is 0 Å². The second-order valence-corrected chi connectivity index (χ2v) is 10.7. The van der Waals surface area contributed by atoms with Crippen molar-refractivity contribution >= 4 is 40.7 Å². The predicted molar refractivity (Wildman–Crippen MR) is 153 cm³/mol. The highest BCUT2D eigenvalue weighted by Gasteiger charge is 2.40. The fourth-order valence-corrected chi connectivity index (χ4v) is 6.02. The third-order valence-corrected chi connectivity index (χ3v) is 8.03. The fourth-order valence-electron chi connectivity index (χ4n) is 5.45. The molecule has 0 radical (unpaired) electrons. The fraction of sp³-hybridized carbons (Fsp3) is 0.300. The first-order valence-corrected chi connectivity index (χ1v) is 13.8. The molecule has 0 aromatic heterocycles. The van der Waals surface area contributed by atoms with E-state index < -0.39 is 0 Å². The van der Waals surface area contributed by atoms with Crippen LogP contribution in [-0.4, -0.2) is 66.4 Å². The third-order valence-electron chi connectivity index (χ3n) is 7.40. The van der Waals surface area contributed by atoms with E-state index in [9.17, 15) is 14.9 Å². The van der Waals surface area contributed by atoms with E-state index in [2.05, 4.69) is 21.2 Å². The van der Waals surface area contributed by atoms with E-state index in [0.717, 1.165) is 11.3 Å². The Morgan fingerprint density at radius 2 is 1.56 bits per heavy atom. The van der Waals surface area contributed by atoms with Crippen LogP contribution in [0.2, 0.25) is 10.0 Å².